The molecule has 2 aromatic rings. The Bertz CT molecular complexity index is 829. The number of hydrogen-bond donors (Lipinski definition) is 0. The molecule has 0 amide bonds. The predicted octanol–water partition coefficient (Wildman–Crippen LogP) is 3.21. The van der Waals surface area contributed by atoms with E-state index >= 15 is 0 Å². The fraction of sp³-hybridized carbons (Fsp3) is 0.125. The molecule has 0 bridgehead atoms. The molecule has 0 saturated carbocycles. The summed E-state index contributed by atoms with van der Waals surface area (Å²) in [6.07, 6.45) is 3.19. The first-order valence-electron chi connectivity index (χ1n) is 6.52. The van der Waals surface area contributed by atoms with E-state index in [4.69, 9.17) is 11.6 Å². The monoisotopic (exact) mass is 316 g/mol. The van der Waals surface area contributed by atoms with Gasteiger partial charge in [-0.15, -0.1) is 0 Å². The number of benzene rings is 1. The quantitative estimate of drug-likeness (QED) is 0.798. The van der Waals surface area contributed by atoms with Crippen molar-refractivity contribution in [3.05, 3.63) is 69.5 Å². The van der Waals surface area contributed by atoms with E-state index in [1.54, 1.807) is 6.92 Å². The van der Waals surface area contributed by atoms with Gasteiger partial charge in [0.05, 0.1) is 0 Å². The van der Waals surface area contributed by atoms with E-state index in [1.165, 1.54) is 24.5 Å². The molecular weight excluding hydrogens is 307 g/mol. The molecule has 1 aromatic heterocycles. The van der Waals surface area contributed by atoms with Crippen LogP contribution in [0, 0.1) is 5.82 Å². The van der Waals surface area contributed by atoms with Gasteiger partial charge in [-0.1, -0.05) is 0 Å². The van der Waals surface area contributed by atoms with Crippen molar-refractivity contribution in [3.8, 4) is 0 Å². The Morgan fingerprint density at radius 3 is 2.45 bits per heavy atom. The Morgan fingerprint density at radius 2 is 1.77 bits per heavy atom. The molecule has 0 radical (unpaired) electrons. The summed E-state index contributed by atoms with van der Waals surface area (Å²) in [4.78, 5) is 32.6. The standard InChI is InChI=1S/C16H10ClFN2O2/c1-8-12(4-9-6-19-16(17)20-7-9)15(22)13-5-10(18)2-3-11(13)14(8)21/h2-3,5-7H,4H2,1H3. The van der Waals surface area contributed by atoms with Crippen LogP contribution in [-0.2, 0) is 6.42 Å². The minimum Gasteiger partial charge on any atom is -0.289 e. The summed E-state index contributed by atoms with van der Waals surface area (Å²) in [5, 5.41) is 0.105. The summed E-state index contributed by atoms with van der Waals surface area (Å²) in [5.41, 5.74) is 1.67. The van der Waals surface area contributed by atoms with E-state index in [-0.39, 0.29) is 34.4 Å². The number of rotatable bonds is 2. The smallest absolute Gasteiger partial charge is 0.222 e. The van der Waals surface area contributed by atoms with Crippen LogP contribution in [0.5, 0.6) is 0 Å². The largest absolute Gasteiger partial charge is 0.289 e. The molecule has 3 rings (SSSR count). The number of ketones is 2. The van der Waals surface area contributed by atoms with Gasteiger partial charge in [0.2, 0.25) is 5.28 Å². The summed E-state index contributed by atoms with van der Waals surface area (Å²) < 4.78 is 13.4. The zero-order valence-corrected chi connectivity index (χ0v) is 12.3. The zero-order chi connectivity index (χ0) is 15.9. The van der Waals surface area contributed by atoms with Crippen LogP contribution < -0.4 is 0 Å². The van der Waals surface area contributed by atoms with Gasteiger partial charge in [-0.05, 0) is 42.3 Å². The van der Waals surface area contributed by atoms with Crippen molar-refractivity contribution in [1.82, 2.24) is 9.97 Å². The van der Waals surface area contributed by atoms with Crippen molar-refractivity contribution in [1.29, 1.82) is 0 Å². The Labute approximate surface area is 130 Å². The molecule has 1 aliphatic rings. The Morgan fingerprint density at radius 1 is 1.09 bits per heavy atom. The molecule has 0 fully saturated rings. The Balaban J connectivity index is 2.04. The number of halogens is 2. The molecule has 6 heteroatoms. The van der Waals surface area contributed by atoms with Crippen LogP contribution in [0.1, 0.15) is 33.2 Å². The van der Waals surface area contributed by atoms with Crippen molar-refractivity contribution >= 4 is 23.2 Å². The van der Waals surface area contributed by atoms with Gasteiger partial charge in [0.25, 0.3) is 0 Å². The Kier molecular flexibility index (Phi) is 3.58. The van der Waals surface area contributed by atoms with Gasteiger partial charge in [-0.3, -0.25) is 9.59 Å². The highest BCUT2D eigenvalue weighted by atomic mass is 35.5. The molecule has 22 heavy (non-hydrogen) atoms. The molecular formula is C16H10ClFN2O2. The van der Waals surface area contributed by atoms with E-state index < -0.39 is 5.82 Å². The number of hydrogen-bond acceptors (Lipinski definition) is 4. The lowest BCUT2D eigenvalue weighted by Crippen LogP contribution is -2.22. The summed E-state index contributed by atoms with van der Waals surface area (Å²) in [6.45, 7) is 1.60. The molecule has 4 nitrogen and oxygen atoms in total. The summed E-state index contributed by atoms with van der Waals surface area (Å²) in [7, 11) is 0. The maximum atomic E-state index is 13.4. The SMILES string of the molecule is CC1=C(Cc2cnc(Cl)nc2)C(=O)c2cc(F)ccc2C1=O. The Hall–Kier alpha value is -2.40. The number of aromatic nitrogens is 2. The van der Waals surface area contributed by atoms with Crippen LogP contribution in [0.25, 0.3) is 0 Å². The molecule has 0 saturated heterocycles. The number of carbonyl (C=O) groups is 2. The highest BCUT2D eigenvalue weighted by molar-refractivity contribution is 6.28. The van der Waals surface area contributed by atoms with Crippen molar-refractivity contribution < 1.29 is 14.0 Å². The van der Waals surface area contributed by atoms with Gasteiger partial charge in [0.15, 0.2) is 11.6 Å². The van der Waals surface area contributed by atoms with Crippen LogP contribution in [0.4, 0.5) is 4.39 Å². The van der Waals surface area contributed by atoms with E-state index in [9.17, 15) is 14.0 Å². The first-order valence-corrected chi connectivity index (χ1v) is 6.90. The second kappa shape index (κ2) is 5.42. The fourth-order valence-corrected chi connectivity index (χ4v) is 2.52. The van der Waals surface area contributed by atoms with Crippen molar-refractivity contribution in [2.45, 2.75) is 13.3 Å². The molecule has 1 heterocycles. The maximum Gasteiger partial charge on any atom is 0.222 e. The third-order valence-electron chi connectivity index (χ3n) is 3.59. The third kappa shape index (κ3) is 2.44. The van der Waals surface area contributed by atoms with Crippen LogP contribution in [0.3, 0.4) is 0 Å². The zero-order valence-electron chi connectivity index (χ0n) is 11.6. The average molecular weight is 317 g/mol. The molecule has 1 aromatic carbocycles. The van der Waals surface area contributed by atoms with Crippen LogP contribution in [0.2, 0.25) is 5.28 Å². The van der Waals surface area contributed by atoms with Gasteiger partial charge in [-0.2, -0.15) is 0 Å². The predicted molar refractivity (Wildman–Crippen MR) is 78.5 cm³/mol. The molecule has 110 valence electrons. The molecule has 0 N–H and O–H groups in total. The van der Waals surface area contributed by atoms with Gasteiger partial charge in [0.1, 0.15) is 5.82 Å². The van der Waals surface area contributed by atoms with E-state index in [0.29, 0.717) is 16.7 Å². The first-order chi connectivity index (χ1) is 10.5. The molecule has 0 spiro atoms. The molecule has 0 atom stereocenters. The summed E-state index contributed by atoms with van der Waals surface area (Å²) in [6, 6.07) is 3.62. The second-order valence-electron chi connectivity index (χ2n) is 4.99. The number of fused-ring (bicyclic) bond motifs is 1. The minimum atomic E-state index is -0.548. The van der Waals surface area contributed by atoms with Crippen LogP contribution in [0.15, 0.2) is 41.7 Å². The van der Waals surface area contributed by atoms with Crippen LogP contribution in [-0.4, -0.2) is 21.5 Å². The molecule has 0 aliphatic heterocycles. The minimum absolute atomic E-state index is 0.0977. The summed E-state index contributed by atoms with van der Waals surface area (Å²) >= 11 is 5.62. The van der Waals surface area contributed by atoms with E-state index in [1.807, 2.05) is 0 Å². The highest BCUT2D eigenvalue weighted by Gasteiger charge is 2.30. The number of allylic oxidation sites excluding steroid dienone is 2. The normalized spacial score (nSPS) is 14.3. The van der Waals surface area contributed by atoms with E-state index in [0.717, 1.165) is 6.07 Å². The topological polar surface area (TPSA) is 59.9 Å². The maximum absolute atomic E-state index is 13.4. The van der Waals surface area contributed by atoms with Gasteiger partial charge < -0.3 is 0 Å². The van der Waals surface area contributed by atoms with Gasteiger partial charge >= 0.3 is 0 Å². The van der Waals surface area contributed by atoms with E-state index in [2.05, 4.69) is 9.97 Å². The lowest BCUT2D eigenvalue weighted by molar-refractivity contribution is 0.0972. The third-order valence-corrected chi connectivity index (χ3v) is 3.79. The number of nitrogens with zero attached hydrogens (tertiary/aromatic N) is 2. The van der Waals surface area contributed by atoms with Gasteiger partial charge in [0, 0.05) is 41.1 Å². The van der Waals surface area contributed by atoms with Crippen molar-refractivity contribution in [3.63, 3.8) is 0 Å². The highest BCUT2D eigenvalue weighted by Crippen LogP contribution is 2.28. The average Bonchev–Trinajstić information content (AvgIpc) is 2.51. The second-order valence-corrected chi connectivity index (χ2v) is 5.33. The molecule has 0 unspecified atom stereocenters. The molecule has 1 aliphatic carbocycles. The fourth-order valence-electron chi connectivity index (χ4n) is 2.42. The lowest BCUT2D eigenvalue weighted by Gasteiger charge is -2.19. The van der Waals surface area contributed by atoms with Crippen molar-refractivity contribution in [2.75, 3.05) is 0 Å². The number of carbonyl (C=O) groups excluding carboxylic acids is 2. The summed E-state index contributed by atoms with van der Waals surface area (Å²) in [5.74, 6) is -1.16. The lowest BCUT2D eigenvalue weighted by atomic mass is 9.82. The van der Waals surface area contributed by atoms with Crippen molar-refractivity contribution in [2.24, 2.45) is 0 Å². The van der Waals surface area contributed by atoms with Gasteiger partial charge in [-0.25, -0.2) is 14.4 Å². The number of Topliss-reactive ketones (excluding diaryl/α,β-unsaturated/α-hetero) is 2. The van der Waals surface area contributed by atoms with Crippen LogP contribution >= 0.6 is 11.6 Å². The first kappa shape index (κ1) is 14.5.